The number of aliphatic hydroxyl groups is 4. The molecule has 0 aromatic rings. The van der Waals surface area contributed by atoms with Crippen LogP contribution < -0.4 is 0 Å². The van der Waals surface area contributed by atoms with E-state index in [1.165, 1.54) is 62.7 Å². The van der Waals surface area contributed by atoms with Gasteiger partial charge >= 0.3 is 0 Å². The summed E-state index contributed by atoms with van der Waals surface area (Å²) in [6, 6.07) is 0. The van der Waals surface area contributed by atoms with Gasteiger partial charge in [0.15, 0.2) is 6.23 Å². The molecule has 1 rings (SSSR count). The summed E-state index contributed by atoms with van der Waals surface area (Å²) in [6.07, 6.45) is 9.02. The number of hydrogen-bond acceptors (Lipinski definition) is 6. The smallest absolute Gasteiger partial charge is 0.248 e. The highest BCUT2D eigenvalue weighted by Crippen LogP contribution is 2.24. The third-order valence-corrected chi connectivity index (χ3v) is 5.88. The minimum absolute atomic E-state index is 0.352. The molecule has 1 saturated heterocycles. The molecule has 176 valence electrons. The summed E-state index contributed by atoms with van der Waals surface area (Å²) in [6.45, 7) is 5.56. The lowest BCUT2D eigenvalue weighted by atomic mass is 9.97. The van der Waals surface area contributed by atoms with Gasteiger partial charge in [0.1, 0.15) is 24.4 Å². The normalized spacial score (nSPS) is 26.5. The zero-order chi connectivity index (χ0) is 22.4. The number of unbranched alkanes of at least 4 members (excludes halogenated alkanes) is 11. The topological polar surface area (TPSA) is 110 Å². The standard InChI is InChI=1S/C23H43NO6/c1-3-5-6-7-8-9-10-11-12-13-14-15-16-24(19(26)4-2)23-22(29)21(28)20(27)18(17-25)30-23/h4,18,20-23,25,27-29H,2-3,5-17H2,1H3/t18-,20-,21+,22-,23-/m1/s1. The Bertz CT molecular complexity index is 473. The van der Waals surface area contributed by atoms with Gasteiger partial charge in [-0.2, -0.15) is 0 Å². The van der Waals surface area contributed by atoms with Gasteiger partial charge in [-0.15, -0.1) is 0 Å². The molecule has 30 heavy (non-hydrogen) atoms. The molecule has 7 nitrogen and oxygen atoms in total. The molecule has 0 bridgehead atoms. The third kappa shape index (κ3) is 9.02. The molecular formula is C23H43NO6. The van der Waals surface area contributed by atoms with Crippen molar-refractivity contribution in [3.05, 3.63) is 12.7 Å². The SMILES string of the molecule is C=CC(=O)N(CCCCCCCCCCCCCC)[C@@H]1O[C@H](CO)[C@@H](O)[C@H](O)[C@H]1O. The van der Waals surface area contributed by atoms with Crippen LogP contribution in [0.2, 0.25) is 0 Å². The average molecular weight is 430 g/mol. The maximum Gasteiger partial charge on any atom is 0.248 e. The summed E-state index contributed by atoms with van der Waals surface area (Å²) in [7, 11) is 0. The van der Waals surface area contributed by atoms with Crippen molar-refractivity contribution in [1.82, 2.24) is 4.90 Å². The summed E-state index contributed by atoms with van der Waals surface area (Å²) >= 11 is 0. The molecule has 1 aliphatic heterocycles. The molecule has 1 aliphatic rings. The van der Waals surface area contributed by atoms with Crippen LogP contribution in [0.4, 0.5) is 0 Å². The largest absolute Gasteiger partial charge is 0.394 e. The molecule has 0 aliphatic carbocycles. The Labute approximate surface area is 181 Å². The number of aliphatic hydroxyl groups excluding tert-OH is 4. The summed E-state index contributed by atoms with van der Waals surface area (Å²) in [5.41, 5.74) is 0. The number of nitrogens with zero attached hydrogens (tertiary/aromatic N) is 1. The van der Waals surface area contributed by atoms with Crippen LogP contribution in [0.1, 0.15) is 84.0 Å². The molecule has 0 unspecified atom stereocenters. The van der Waals surface area contributed by atoms with Gasteiger partial charge in [0.05, 0.1) is 6.61 Å². The van der Waals surface area contributed by atoms with Gasteiger partial charge in [0.2, 0.25) is 5.91 Å². The Morgan fingerprint density at radius 3 is 1.83 bits per heavy atom. The maximum absolute atomic E-state index is 12.3. The minimum Gasteiger partial charge on any atom is -0.394 e. The number of carbonyl (C=O) groups is 1. The molecule has 7 heteroatoms. The summed E-state index contributed by atoms with van der Waals surface area (Å²) in [5, 5.41) is 39.5. The number of hydrogen-bond donors (Lipinski definition) is 4. The average Bonchev–Trinajstić information content (AvgIpc) is 2.76. The second kappa shape index (κ2) is 15.8. The van der Waals surface area contributed by atoms with Gasteiger partial charge in [-0.25, -0.2) is 0 Å². The first-order chi connectivity index (χ1) is 14.5. The summed E-state index contributed by atoms with van der Waals surface area (Å²) in [4.78, 5) is 13.6. The van der Waals surface area contributed by atoms with Crippen LogP contribution in [0.5, 0.6) is 0 Å². The molecule has 0 radical (unpaired) electrons. The van der Waals surface area contributed by atoms with E-state index in [2.05, 4.69) is 13.5 Å². The van der Waals surface area contributed by atoms with E-state index >= 15 is 0 Å². The number of ether oxygens (including phenoxy) is 1. The van der Waals surface area contributed by atoms with E-state index in [0.717, 1.165) is 25.3 Å². The first kappa shape index (κ1) is 27.0. The molecule has 0 aromatic heterocycles. The summed E-state index contributed by atoms with van der Waals surface area (Å²) in [5.74, 6) is -0.414. The van der Waals surface area contributed by atoms with Gasteiger partial charge in [-0.05, 0) is 12.5 Å². The van der Waals surface area contributed by atoms with Gasteiger partial charge in [0.25, 0.3) is 0 Å². The summed E-state index contributed by atoms with van der Waals surface area (Å²) < 4.78 is 5.52. The van der Waals surface area contributed by atoms with E-state index in [4.69, 9.17) is 4.74 Å². The van der Waals surface area contributed by atoms with E-state index in [0.29, 0.717) is 6.54 Å². The predicted molar refractivity (Wildman–Crippen MR) is 117 cm³/mol. The van der Waals surface area contributed by atoms with Crippen molar-refractivity contribution < 1.29 is 30.0 Å². The lowest BCUT2D eigenvalue weighted by Gasteiger charge is -2.44. The monoisotopic (exact) mass is 429 g/mol. The van der Waals surface area contributed by atoms with Crippen molar-refractivity contribution in [1.29, 1.82) is 0 Å². The molecule has 1 fully saturated rings. The highest BCUT2D eigenvalue weighted by Gasteiger charge is 2.46. The van der Waals surface area contributed by atoms with Crippen molar-refractivity contribution in [2.45, 2.75) is 115 Å². The Hall–Kier alpha value is -0.990. The van der Waals surface area contributed by atoms with Crippen LogP contribution in [-0.2, 0) is 9.53 Å². The van der Waals surface area contributed by atoms with Crippen LogP contribution in [0, 0.1) is 0 Å². The first-order valence-corrected chi connectivity index (χ1v) is 11.7. The van der Waals surface area contributed by atoms with E-state index in [1.54, 1.807) is 0 Å². The lowest BCUT2D eigenvalue weighted by molar-refractivity contribution is -0.261. The minimum atomic E-state index is -1.50. The first-order valence-electron chi connectivity index (χ1n) is 11.7. The zero-order valence-corrected chi connectivity index (χ0v) is 18.6. The Balaban J connectivity index is 2.32. The van der Waals surface area contributed by atoms with Crippen LogP contribution >= 0.6 is 0 Å². The maximum atomic E-state index is 12.3. The highest BCUT2D eigenvalue weighted by atomic mass is 16.6. The number of rotatable bonds is 16. The number of carbonyl (C=O) groups excluding carboxylic acids is 1. The van der Waals surface area contributed by atoms with Crippen molar-refractivity contribution in [3.63, 3.8) is 0 Å². The molecule has 5 atom stereocenters. The van der Waals surface area contributed by atoms with Crippen molar-refractivity contribution >= 4 is 5.91 Å². The fourth-order valence-electron chi connectivity index (χ4n) is 3.94. The van der Waals surface area contributed by atoms with E-state index < -0.39 is 43.2 Å². The van der Waals surface area contributed by atoms with Crippen LogP contribution in [0.3, 0.4) is 0 Å². The van der Waals surface area contributed by atoms with E-state index in [-0.39, 0.29) is 0 Å². The van der Waals surface area contributed by atoms with E-state index in [9.17, 15) is 25.2 Å². The Kier molecular flexibility index (Phi) is 14.2. The fraction of sp³-hybridized carbons (Fsp3) is 0.870. The molecule has 4 N–H and O–H groups in total. The highest BCUT2D eigenvalue weighted by molar-refractivity contribution is 5.87. The van der Waals surface area contributed by atoms with Crippen molar-refractivity contribution in [3.8, 4) is 0 Å². The molecule has 0 aromatic carbocycles. The second-order valence-corrected chi connectivity index (χ2v) is 8.34. The molecular weight excluding hydrogens is 386 g/mol. The van der Waals surface area contributed by atoms with E-state index in [1.807, 2.05) is 0 Å². The van der Waals surface area contributed by atoms with Gasteiger partial charge in [-0.3, -0.25) is 4.79 Å². The van der Waals surface area contributed by atoms with Gasteiger partial charge in [-0.1, -0.05) is 84.1 Å². The predicted octanol–water partition coefficient (Wildman–Crippen LogP) is 2.50. The van der Waals surface area contributed by atoms with Crippen LogP contribution in [-0.4, -0.2) is 75.0 Å². The quantitative estimate of drug-likeness (QED) is 0.222. The van der Waals surface area contributed by atoms with Gasteiger partial charge in [0, 0.05) is 6.54 Å². The molecule has 1 amide bonds. The third-order valence-electron chi connectivity index (χ3n) is 5.88. The Morgan fingerprint density at radius 1 is 0.867 bits per heavy atom. The number of amides is 1. The van der Waals surface area contributed by atoms with Gasteiger partial charge < -0.3 is 30.1 Å². The second-order valence-electron chi connectivity index (χ2n) is 8.34. The molecule has 0 saturated carbocycles. The van der Waals surface area contributed by atoms with Crippen molar-refractivity contribution in [2.24, 2.45) is 0 Å². The fourth-order valence-corrected chi connectivity index (χ4v) is 3.94. The van der Waals surface area contributed by atoms with Crippen molar-refractivity contribution in [2.75, 3.05) is 13.2 Å². The zero-order valence-electron chi connectivity index (χ0n) is 18.6. The lowest BCUT2D eigenvalue weighted by Crippen LogP contribution is -2.64. The molecule has 1 heterocycles. The van der Waals surface area contributed by atoms with Crippen LogP contribution in [0.25, 0.3) is 0 Å². The molecule has 0 spiro atoms. The van der Waals surface area contributed by atoms with Crippen LogP contribution in [0.15, 0.2) is 12.7 Å². The Morgan fingerprint density at radius 2 is 1.37 bits per heavy atom.